The standard InChI is InChI=1S/C6H15N3O2/c1-2-4-6-10-11-9-8-7-5-3-1/h7-9H,1-6H2. The number of hydrogen-bond donors (Lipinski definition) is 3. The van der Waals surface area contributed by atoms with Crippen molar-refractivity contribution in [3.8, 4) is 0 Å². The van der Waals surface area contributed by atoms with Gasteiger partial charge in [0.2, 0.25) is 0 Å². The van der Waals surface area contributed by atoms with Crippen LogP contribution in [0.3, 0.4) is 0 Å². The Bertz CT molecular complexity index is 53.8. The zero-order valence-electron chi connectivity index (χ0n) is 6.56. The molecule has 0 saturated carbocycles. The summed E-state index contributed by atoms with van der Waals surface area (Å²) in [5.41, 5.74) is 7.95. The molecule has 11 heavy (non-hydrogen) atoms. The lowest BCUT2D eigenvalue weighted by molar-refractivity contribution is -0.347. The molecule has 0 aromatic heterocycles. The largest absolute Gasteiger partial charge is 0.242 e. The molecule has 0 spiro atoms. The molecule has 1 fully saturated rings. The topological polar surface area (TPSA) is 54.6 Å². The second-order valence-corrected chi connectivity index (χ2v) is 2.47. The van der Waals surface area contributed by atoms with Gasteiger partial charge in [-0.15, -0.1) is 4.99 Å². The maximum atomic E-state index is 4.75. The van der Waals surface area contributed by atoms with Crippen LogP contribution in [0, 0.1) is 0 Å². The summed E-state index contributed by atoms with van der Waals surface area (Å²) in [4.78, 5) is 9.29. The SMILES string of the molecule is C1CCCOONNNCC1. The number of rotatable bonds is 0. The minimum absolute atomic E-state index is 0.648. The number of hydrogen-bond acceptors (Lipinski definition) is 5. The molecule has 3 N–H and O–H groups in total. The highest BCUT2D eigenvalue weighted by Gasteiger charge is 1.94. The van der Waals surface area contributed by atoms with Crippen LogP contribution in [0.15, 0.2) is 0 Å². The Kier molecular flexibility index (Phi) is 5.26. The van der Waals surface area contributed by atoms with Crippen molar-refractivity contribution in [1.82, 2.24) is 16.5 Å². The van der Waals surface area contributed by atoms with Gasteiger partial charge >= 0.3 is 0 Å². The van der Waals surface area contributed by atoms with Crippen molar-refractivity contribution in [2.45, 2.75) is 25.7 Å². The van der Waals surface area contributed by atoms with Gasteiger partial charge in [0.15, 0.2) is 0 Å². The normalized spacial score (nSPS) is 24.0. The summed E-state index contributed by atoms with van der Waals surface area (Å²) < 4.78 is 0. The third-order valence-corrected chi connectivity index (χ3v) is 1.52. The van der Waals surface area contributed by atoms with Crippen molar-refractivity contribution < 1.29 is 9.88 Å². The molecule has 66 valence electrons. The average molecular weight is 161 g/mol. The Labute approximate surface area is 66.3 Å². The molecule has 1 rings (SSSR count). The first-order chi connectivity index (χ1) is 5.50. The third-order valence-electron chi connectivity index (χ3n) is 1.52. The molecular weight excluding hydrogens is 146 g/mol. The zero-order valence-corrected chi connectivity index (χ0v) is 6.56. The van der Waals surface area contributed by atoms with Gasteiger partial charge in [-0.2, -0.15) is 5.53 Å². The van der Waals surface area contributed by atoms with Gasteiger partial charge in [0.25, 0.3) is 0 Å². The fourth-order valence-electron chi connectivity index (χ4n) is 0.918. The van der Waals surface area contributed by atoms with E-state index in [1.165, 1.54) is 19.3 Å². The van der Waals surface area contributed by atoms with Crippen molar-refractivity contribution in [3.63, 3.8) is 0 Å². The lowest BCUT2D eigenvalue weighted by Gasteiger charge is -2.04. The van der Waals surface area contributed by atoms with E-state index in [1.54, 1.807) is 0 Å². The summed E-state index contributed by atoms with van der Waals surface area (Å²) >= 11 is 0. The van der Waals surface area contributed by atoms with Crippen LogP contribution in [-0.2, 0) is 9.88 Å². The van der Waals surface area contributed by atoms with Gasteiger partial charge in [-0.1, -0.05) is 18.4 Å². The molecule has 0 aromatic carbocycles. The van der Waals surface area contributed by atoms with Crippen LogP contribution in [0.25, 0.3) is 0 Å². The van der Waals surface area contributed by atoms with E-state index in [2.05, 4.69) is 21.5 Å². The van der Waals surface area contributed by atoms with Crippen LogP contribution in [0.2, 0.25) is 0 Å². The van der Waals surface area contributed by atoms with Gasteiger partial charge in [-0.25, -0.2) is 10.3 Å². The van der Waals surface area contributed by atoms with Gasteiger partial charge in [0.05, 0.1) is 6.61 Å². The smallest absolute Gasteiger partial charge is 0.0842 e. The van der Waals surface area contributed by atoms with E-state index < -0.39 is 0 Å². The fourth-order valence-corrected chi connectivity index (χ4v) is 0.918. The molecule has 0 radical (unpaired) electrons. The monoisotopic (exact) mass is 161 g/mol. The first kappa shape index (κ1) is 8.89. The van der Waals surface area contributed by atoms with Crippen molar-refractivity contribution in [3.05, 3.63) is 0 Å². The van der Waals surface area contributed by atoms with E-state index in [-0.39, 0.29) is 0 Å². The third kappa shape index (κ3) is 5.11. The van der Waals surface area contributed by atoms with E-state index in [0.29, 0.717) is 6.61 Å². The van der Waals surface area contributed by atoms with E-state index >= 15 is 0 Å². The Morgan fingerprint density at radius 3 is 2.91 bits per heavy atom. The highest BCUT2D eigenvalue weighted by atomic mass is 17.3. The number of nitrogens with one attached hydrogen (secondary N) is 3. The lowest BCUT2D eigenvalue weighted by atomic mass is 10.2. The van der Waals surface area contributed by atoms with Gasteiger partial charge in [0.1, 0.15) is 0 Å². The molecule has 0 aromatic rings. The van der Waals surface area contributed by atoms with Gasteiger partial charge < -0.3 is 0 Å². The van der Waals surface area contributed by atoms with Gasteiger partial charge in [-0.05, 0) is 12.8 Å². The van der Waals surface area contributed by atoms with E-state index in [4.69, 9.17) is 4.89 Å². The Morgan fingerprint density at radius 2 is 1.91 bits per heavy atom. The molecule has 1 saturated heterocycles. The molecule has 0 bridgehead atoms. The molecule has 0 amide bonds. The van der Waals surface area contributed by atoms with Crippen molar-refractivity contribution in [1.29, 1.82) is 0 Å². The van der Waals surface area contributed by atoms with Crippen molar-refractivity contribution in [2.75, 3.05) is 13.2 Å². The predicted octanol–water partition coefficient (Wildman–Crippen LogP) is 0.0224. The molecule has 0 atom stereocenters. The molecule has 5 heteroatoms. The first-order valence-corrected chi connectivity index (χ1v) is 4.01. The van der Waals surface area contributed by atoms with E-state index in [0.717, 1.165) is 13.0 Å². The van der Waals surface area contributed by atoms with Gasteiger partial charge in [-0.3, -0.25) is 0 Å². The van der Waals surface area contributed by atoms with E-state index in [9.17, 15) is 0 Å². The Hall–Kier alpha value is -0.200. The van der Waals surface area contributed by atoms with Crippen LogP contribution in [0.5, 0.6) is 0 Å². The maximum absolute atomic E-state index is 4.75. The molecule has 5 nitrogen and oxygen atoms in total. The summed E-state index contributed by atoms with van der Waals surface area (Å²) in [6.45, 7) is 1.59. The molecule has 1 heterocycles. The summed E-state index contributed by atoms with van der Waals surface area (Å²) in [7, 11) is 0. The average Bonchev–Trinajstić information content (AvgIpc) is 2.08. The molecular formula is C6H15N3O2. The second kappa shape index (κ2) is 6.51. The summed E-state index contributed by atoms with van der Waals surface area (Å²) in [5.74, 6) is 0. The predicted molar refractivity (Wildman–Crippen MR) is 39.8 cm³/mol. The Morgan fingerprint density at radius 1 is 1.00 bits per heavy atom. The Balaban J connectivity index is 2.02. The quantitative estimate of drug-likeness (QED) is 0.437. The lowest BCUT2D eigenvalue weighted by Crippen LogP contribution is -2.43. The summed E-state index contributed by atoms with van der Waals surface area (Å²) in [6.07, 6.45) is 4.67. The maximum Gasteiger partial charge on any atom is 0.0842 e. The van der Waals surface area contributed by atoms with Crippen LogP contribution < -0.4 is 16.5 Å². The minimum Gasteiger partial charge on any atom is -0.242 e. The highest BCUT2D eigenvalue weighted by molar-refractivity contribution is 4.44. The fraction of sp³-hybridized carbons (Fsp3) is 1.00. The molecule has 0 aliphatic carbocycles. The second-order valence-electron chi connectivity index (χ2n) is 2.47. The molecule has 1 aliphatic heterocycles. The van der Waals surface area contributed by atoms with Crippen molar-refractivity contribution >= 4 is 0 Å². The van der Waals surface area contributed by atoms with Crippen molar-refractivity contribution in [2.24, 2.45) is 0 Å². The van der Waals surface area contributed by atoms with E-state index in [1.807, 2.05) is 0 Å². The van der Waals surface area contributed by atoms with Crippen LogP contribution in [0.1, 0.15) is 25.7 Å². The summed E-state index contributed by atoms with van der Waals surface area (Å²) in [5, 5.41) is 0. The number of hydrazine groups is 2. The molecule has 0 unspecified atom stereocenters. The highest BCUT2D eigenvalue weighted by Crippen LogP contribution is 1.99. The molecule has 1 aliphatic rings. The van der Waals surface area contributed by atoms with Gasteiger partial charge in [0, 0.05) is 6.54 Å². The van der Waals surface area contributed by atoms with Crippen LogP contribution in [0.4, 0.5) is 0 Å². The first-order valence-electron chi connectivity index (χ1n) is 4.01. The summed E-state index contributed by atoms with van der Waals surface area (Å²) in [6, 6.07) is 0. The van der Waals surface area contributed by atoms with Crippen LogP contribution >= 0.6 is 0 Å². The van der Waals surface area contributed by atoms with Crippen LogP contribution in [-0.4, -0.2) is 13.2 Å². The minimum atomic E-state index is 0.648. The zero-order chi connectivity index (χ0) is 7.78.